The number of benzene rings is 5. The molecule has 2 unspecified atom stereocenters. The second-order valence-electron chi connectivity index (χ2n) is 12.2. The molecule has 0 spiro atoms. The zero-order valence-electron chi connectivity index (χ0n) is 23.7. The monoisotopic (exact) mass is 587 g/mol. The fraction of sp³-hybridized carbons (Fsp3) is 0.150. The molecule has 2 aliphatic heterocycles. The molecule has 0 radical (unpaired) electrons. The van der Waals surface area contributed by atoms with Gasteiger partial charge in [0.05, 0.1) is 6.04 Å². The van der Waals surface area contributed by atoms with E-state index in [1.165, 1.54) is 80.3 Å². The number of aryl methyl sites for hydroxylation is 1. The smallest absolute Gasteiger partial charge is 0.0635 e. The Bertz CT molecular complexity index is 2160. The molecule has 0 aromatic heterocycles. The maximum Gasteiger partial charge on any atom is 0.0635 e. The third-order valence-corrected chi connectivity index (χ3v) is 12.6. The lowest BCUT2D eigenvalue weighted by Gasteiger charge is -2.32. The average Bonchev–Trinajstić information content (AvgIpc) is 3.39. The Morgan fingerprint density at radius 2 is 1.47 bits per heavy atom. The highest BCUT2D eigenvalue weighted by atomic mass is 32.2. The molecule has 2 atom stereocenters. The van der Waals surface area contributed by atoms with E-state index >= 15 is 0 Å². The first-order valence-electron chi connectivity index (χ1n) is 15.5. The highest BCUT2D eigenvalue weighted by Gasteiger charge is 2.42. The van der Waals surface area contributed by atoms with Crippen molar-refractivity contribution in [3.05, 3.63) is 137 Å². The van der Waals surface area contributed by atoms with Gasteiger partial charge in [0.25, 0.3) is 0 Å². The molecule has 3 aliphatic carbocycles. The van der Waals surface area contributed by atoms with Gasteiger partial charge in [0.1, 0.15) is 0 Å². The summed E-state index contributed by atoms with van der Waals surface area (Å²) >= 11 is 3.90. The van der Waals surface area contributed by atoms with Crippen LogP contribution in [-0.2, 0) is 6.42 Å². The van der Waals surface area contributed by atoms with Crippen molar-refractivity contribution in [2.24, 2.45) is 0 Å². The van der Waals surface area contributed by atoms with Crippen LogP contribution in [0.3, 0.4) is 0 Å². The fourth-order valence-corrected chi connectivity index (χ4v) is 10.5. The Kier molecular flexibility index (Phi) is 5.30. The van der Waals surface area contributed by atoms with Gasteiger partial charge in [-0.15, -0.1) is 0 Å². The summed E-state index contributed by atoms with van der Waals surface area (Å²) in [6.45, 7) is 0. The Hall–Kier alpha value is -3.92. The Morgan fingerprint density at radius 3 is 2.40 bits per heavy atom. The SMILES string of the molecule is C1=CC2=CC3C(C=C2CC1)c1c(ccc2c1Sc1ccccc1S2)N3c1ccc2c3c(c4ccccc4c2c1)C=CCC3. The van der Waals surface area contributed by atoms with Crippen LogP contribution in [0, 0.1) is 0 Å². The van der Waals surface area contributed by atoms with Crippen molar-refractivity contribution < 1.29 is 0 Å². The predicted octanol–water partition coefficient (Wildman–Crippen LogP) is 11.4. The Morgan fingerprint density at radius 1 is 0.651 bits per heavy atom. The van der Waals surface area contributed by atoms with Gasteiger partial charge in [-0.25, -0.2) is 0 Å². The molecule has 0 saturated heterocycles. The van der Waals surface area contributed by atoms with Gasteiger partial charge in [-0.1, -0.05) is 102 Å². The largest absolute Gasteiger partial charge is 0.333 e. The van der Waals surface area contributed by atoms with Gasteiger partial charge in [-0.2, -0.15) is 0 Å². The molecule has 5 aromatic carbocycles. The van der Waals surface area contributed by atoms with Crippen LogP contribution in [0.4, 0.5) is 11.4 Å². The normalized spacial score (nSPS) is 21.0. The minimum Gasteiger partial charge on any atom is -0.333 e. The van der Waals surface area contributed by atoms with Crippen molar-refractivity contribution in [3.8, 4) is 0 Å². The second kappa shape index (κ2) is 9.29. The lowest BCUT2D eigenvalue weighted by atomic mass is 9.81. The van der Waals surface area contributed by atoms with Crippen LogP contribution in [0.5, 0.6) is 0 Å². The topological polar surface area (TPSA) is 3.24 Å². The maximum atomic E-state index is 2.66. The van der Waals surface area contributed by atoms with Gasteiger partial charge in [-0.3, -0.25) is 0 Å². The van der Waals surface area contributed by atoms with Crippen molar-refractivity contribution in [3.63, 3.8) is 0 Å². The van der Waals surface area contributed by atoms with Crippen molar-refractivity contribution >= 4 is 62.5 Å². The van der Waals surface area contributed by atoms with Crippen LogP contribution >= 0.6 is 23.5 Å². The molecule has 3 heteroatoms. The molecule has 206 valence electrons. The summed E-state index contributed by atoms with van der Waals surface area (Å²) in [6, 6.07) is 30.2. The molecule has 0 N–H and O–H groups in total. The average molecular weight is 588 g/mol. The highest BCUT2D eigenvalue weighted by Crippen LogP contribution is 2.59. The second-order valence-corrected chi connectivity index (χ2v) is 14.4. The molecular weight excluding hydrogens is 559 g/mol. The minimum atomic E-state index is 0.259. The van der Waals surface area contributed by atoms with Gasteiger partial charge in [0, 0.05) is 42.4 Å². The van der Waals surface area contributed by atoms with E-state index in [9.17, 15) is 0 Å². The minimum absolute atomic E-state index is 0.259. The predicted molar refractivity (Wildman–Crippen MR) is 183 cm³/mol. The van der Waals surface area contributed by atoms with Crippen LogP contribution in [0.1, 0.15) is 41.9 Å². The van der Waals surface area contributed by atoms with Gasteiger partial charge in [-0.05, 0) is 106 Å². The maximum absolute atomic E-state index is 2.66. The zero-order chi connectivity index (χ0) is 28.1. The van der Waals surface area contributed by atoms with E-state index < -0.39 is 0 Å². The van der Waals surface area contributed by atoms with Crippen LogP contribution < -0.4 is 4.90 Å². The number of fused-ring (bicyclic) bond motifs is 13. The van der Waals surface area contributed by atoms with Crippen LogP contribution in [0.25, 0.3) is 27.6 Å². The van der Waals surface area contributed by atoms with E-state index in [2.05, 4.69) is 120 Å². The number of nitrogens with zero attached hydrogens (tertiary/aromatic N) is 1. The lowest BCUT2D eigenvalue weighted by Crippen LogP contribution is -2.30. The highest BCUT2D eigenvalue weighted by molar-refractivity contribution is 8.05. The van der Waals surface area contributed by atoms with Crippen LogP contribution in [0.15, 0.2) is 140 Å². The molecule has 1 nitrogen and oxygen atoms in total. The fourth-order valence-electron chi connectivity index (χ4n) is 8.06. The van der Waals surface area contributed by atoms with Crippen molar-refractivity contribution in [1.82, 2.24) is 0 Å². The van der Waals surface area contributed by atoms with Gasteiger partial charge in [0.15, 0.2) is 0 Å². The molecular formula is C40H29NS2. The van der Waals surface area contributed by atoms with E-state index in [4.69, 9.17) is 0 Å². The lowest BCUT2D eigenvalue weighted by molar-refractivity contribution is 0.714. The molecule has 5 aliphatic rings. The first kappa shape index (κ1) is 24.5. The molecule has 0 fully saturated rings. The standard InChI is InChI=1S/C40H29NS2/c1-2-10-25-22-35-33(21-24(25)9-1)39-34(19-20-38-40(39)43-37-16-8-7-15-36(37)42-38)41(35)26-17-18-31-29-13-4-3-11-27(29)28-12-5-6-14-30(28)32(31)23-26/h2-3,5-8,10-12,14-23,33,35H,1,4,9,13H2. The number of rotatable bonds is 1. The van der Waals surface area contributed by atoms with Gasteiger partial charge in [0.2, 0.25) is 0 Å². The molecule has 0 saturated carbocycles. The quantitative estimate of drug-likeness (QED) is 0.176. The molecule has 0 bridgehead atoms. The third kappa shape index (κ3) is 3.56. The summed E-state index contributed by atoms with van der Waals surface area (Å²) in [7, 11) is 0. The molecule has 43 heavy (non-hydrogen) atoms. The van der Waals surface area contributed by atoms with Crippen LogP contribution in [-0.4, -0.2) is 6.04 Å². The van der Waals surface area contributed by atoms with Crippen molar-refractivity contribution in [1.29, 1.82) is 0 Å². The number of hydrogen-bond donors (Lipinski definition) is 0. The number of hydrogen-bond acceptors (Lipinski definition) is 3. The molecule has 10 rings (SSSR count). The van der Waals surface area contributed by atoms with E-state index in [1.54, 1.807) is 0 Å². The van der Waals surface area contributed by atoms with E-state index in [1.807, 2.05) is 23.5 Å². The Labute approximate surface area is 260 Å². The first-order chi connectivity index (χ1) is 21.3. The van der Waals surface area contributed by atoms with E-state index in [0.29, 0.717) is 5.92 Å². The van der Waals surface area contributed by atoms with Crippen LogP contribution in [0.2, 0.25) is 0 Å². The van der Waals surface area contributed by atoms with Gasteiger partial charge >= 0.3 is 0 Å². The van der Waals surface area contributed by atoms with E-state index in [-0.39, 0.29) is 6.04 Å². The molecule has 5 aromatic rings. The summed E-state index contributed by atoms with van der Waals surface area (Å²) < 4.78 is 0. The summed E-state index contributed by atoms with van der Waals surface area (Å²) in [5.41, 5.74) is 10.0. The summed E-state index contributed by atoms with van der Waals surface area (Å²) in [4.78, 5) is 8.24. The summed E-state index contributed by atoms with van der Waals surface area (Å²) in [5.74, 6) is 0.342. The van der Waals surface area contributed by atoms with Crippen molar-refractivity contribution in [2.45, 2.75) is 57.2 Å². The first-order valence-corrected chi connectivity index (χ1v) is 17.1. The third-order valence-electron chi connectivity index (χ3n) is 9.94. The molecule has 0 amide bonds. The van der Waals surface area contributed by atoms with E-state index in [0.717, 1.165) is 25.7 Å². The summed E-state index contributed by atoms with van der Waals surface area (Å²) in [5, 5.41) is 5.51. The van der Waals surface area contributed by atoms with Gasteiger partial charge < -0.3 is 4.90 Å². The Balaban J connectivity index is 1.21. The van der Waals surface area contributed by atoms with Crippen molar-refractivity contribution in [2.75, 3.05) is 4.90 Å². The number of anilines is 2. The molecule has 2 heterocycles. The summed E-state index contributed by atoms with van der Waals surface area (Å²) in [6.07, 6.45) is 19.1. The zero-order valence-corrected chi connectivity index (χ0v) is 25.3. The number of allylic oxidation sites excluding steroid dienone is 5.